The predicted octanol–water partition coefficient (Wildman–Crippen LogP) is 1.79. The van der Waals surface area contributed by atoms with Crippen LogP contribution >= 0.6 is 0 Å². The first-order valence-corrected chi connectivity index (χ1v) is 9.64. The Morgan fingerprint density at radius 2 is 2.11 bits per heavy atom. The number of likely N-dealkylation sites (tertiary alicyclic amines) is 1. The molecular weight excluding hydrogens is 356 g/mol. The third-order valence-electron chi connectivity index (χ3n) is 6.03. The van der Waals surface area contributed by atoms with Gasteiger partial charge in [-0.25, -0.2) is 0 Å². The number of amides is 2. The van der Waals surface area contributed by atoms with Crippen LogP contribution in [0.25, 0.3) is 0 Å². The van der Waals surface area contributed by atoms with Crippen LogP contribution in [-0.4, -0.2) is 58.0 Å². The molecule has 3 aliphatic heterocycles. The quantitative estimate of drug-likeness (QED) is 0.878. The maximum atomic E-state index is 12.9. The van der Waals surface area contributed by atoms with Crippen molar-refractivity contribution >= 4 is 17.5 Å². The second-order valence-corrected chi connectivity index (χ2v) is 7.52. The molecular formula is C21H22N4O3. The molecule has 2 aromatic rings. The van der Waals surface area contributed by atoms with Crippen molar-refractivity contribution in [2.75, 3.05) is 25.0 Å². The molecule has 1 aromatic carbocycles. The summed E-state index contributed by atoms with van der Waals surface area (Å²) in [7, 11) is 0. The van der Waals surface area contributed by atoms with E-state index in [0.29, 0.717) is 25.9 Å². The summed E-state index contributed by atoms with van der Waals surface area (Å²) >= 11 is 0. The van der Waals surface area contributed by atoms with E-state index in [9.17, 15) is 9.59 Å². The Bertz CT molecular complexity index is 891. The molecule has 28 heavy (non-hydrogen) atoms. The molecule has 3 aliphatic rings. The van der Waals surface area contributed by atoms with Crippen LogP contribution in [0, 0.1) is 0 Å². The Balaban J connectivity index is 1.32. The number of anilines is 1. The average Bonchev–Trinajstić information content (AvgIpc) is 3.36. The molecule has 2 amide bonds. The van der Waals surface area contributed by atoms with Crippen LogP contribution in [0.4, 0.5) is 5.69 Å². The van der Waals surface area contributed by atoms with Gasteiger partial charge in [-0.15, -0.1) is 0 Å². The van der Waals surface area contributed by atoms with Gasteiger partial charge in [0.05, 0.1) is 31.2 Å². The van der Waals surface area contributed by atoms with Crippen LogP contribution in [0.5, 0.6) is 0 Å². The first-order chi connectivity index (χ1) is 13.7. The number of aromatic nitrogens is 1. The number of carbonyl (C=O) groups is 2. The maximum absolute atomic E-state index is 12.9. The van der Waals surface area contributed by atoms with Crippen molar-refractivity contribution in [3.8, 4) is 0 Å². The number of rotatable bonds is 4. The van der Waals surface area contributed by atoms with Gasteiger partial charge in [0.25, 0.3) is 0 Å². The molecule has 7 nitrogen and oxygen atoms in total. The third kappa shape index (κ3) is 2.65. The molecule has 1 spiro atoms. The molecule has 1 aromatic heterocycles. The summed E-state index contributed by atoms with van der Waals surface area (Å²) in [5.74, 6) is 0.0493. The second-order valence-electron chi connectivity index (χ2n) is 7.52. The lowest BCUT2D eigenvalue weighted by molar-refractivity contribution is -0.142. The van der Waals surface area contributed by atoms with Gasteiger partial charge in [0, 0.05) is 25.4 Å². The summed E-state index contributed by atoms with van der Waals surface area (Å²) in [4.78, 5) is 33.3. The Hall–Kier alpha value is -2.93. The predicted molar refractivity (Wildman–Crippen MR) is 102 cm³/mol. The van der Waals surface area contributed by atoms with Crippen molar-refractivity contribution in [3.63, 3.8) is 0 Å². The molecule has 144 valence electrons. The topological polar surface area (TPSA) is 74.8 Å². The van der Waals surface area contributed by atoms with E-state index in [4.69, 9.17) is 4.74 Å². The highest BCUT2D eigenvalue weighted by molar-refractivity contribution is 5.86. The van der Waals surface area contributed by atoms with E-state index < -0.39 is 5.72 Å². The summed E-state index contributed by atoms with van der Waals surface area (Å²) in [6.45, 7) is 1.33. The number of pyridine rings is 1. The fraction of sp³-hybridized carbons (Fsp3) is 0.381. The zero-order valence-corrected chi connectivity index (χ0v) is 15.5. The fourth-order valence-corrected chi connectivity index (χ4v) is 4.71. The Kier molecular flexibility index (Phi) is 4.05. The van der Waals surface area contributed by atoms with Gasteiger partial charge in [-0.2, -0.15) is 0 Å². The lowest BCUT2D eigenvalue weighted by atomic mass is 10.1. The summed E-state index contributed by atoms with van der Waals surface area (Å²) in [6.07, 6.45) is 4.23. The van der Waals surface area contributed by atoms with Gasteiger partial charge in [0.1, 0.15) is 6.10 Å². The van der Waals surface area contributed by atoms with Gasteiger partial charge in [0.2, 0.25) is 11.8 Å². The normalized spacial score (nSPS) is 28.4. The molecule has 0 saturated carbocycles. The minimum atomic E-state index is -0.679. The molecule has 0 radical (unpaired) electrons. The molecule has 3 saturated heterocycles. The summed E-state index contributed by atoms with van der Waals surface area (Å²) in [5.41, 5.74) is 1.19. The van der Waals surface area contributed by atoms with E-state index in [0.717, 1.165) is 11.3 Å². The Labute approximate surface area is 163 Å². The van der Waals surface area contributed by atoms with Crippen LogP contribution in [-0.2, 0) is 14.3 Å². The minimum Gasteiger partial charge on any atom is -0.375 e. The van der Waals surface area contributed by atoms with Gasteiger partial charge in [-0.05, 0) is 17.7 Å². The number of hydrogen-bond acceptors (Lipinski definition) is 5. The van der Waals surface area contributed by atoms with Gasteiger partial charge < -0.3 is 19.9 Å². The number of carbonyl (C=O) groups excluding carboxylic acids is 2. The molecule has 3 atom stereocenters. The van der Waals surface area contributed by atoms with Gasteiger partial charge in [0.15, 0.2) is 5.72 Å². The van der Waals surface area contributed by atoms with Crippen LogP contribution in [0.15, 0.2) is 54.9 Å². The first kappa shape index (κ1) is 17.2. The lowest BCUT2D eigenvalue weighted by Crippen LogP contribution is -2.49. The molecule has 1 N–H and O–H groups in total. The number of nitrogens with one attached hydrogen (secondary N) is 1. The van der Waals surface area contributed by atoms with E-state index in [2.05, 4.69) is 10.3 Å². The molecule has 7 heteroatoms. The van der Waals surface area contributed by atoms with E-state index in [1.807, 2.05) is 52.3 Å². The van der Waals surface area contributed by atoms with Crippen molar-refractivity contribution in [1.29, 1.82) is 0 Å². The molecule has 5 rings (SSSR count). The maximum Gasteiger partial charge on any atom is 0.242 e. The summed E-state index contributed by atoms with van der Waals surface area (Å²) in [6, 6.07) is 13.4. The van der Waals surface area contributed by atoms with Crippen molar-refractivity contribution in [2.45, 2.75) is 30.7 Å². The number of benzene rings is 1. The van der Waals surface area contributed by atoms with E-state index in [-0.39, 0.29) is 30.5 Å². The highest BCUT2D eigenvalue weighted by Crippen LogP contribution is 2.50. The lowest BCUT2D eigenvalue weighted by Gasteiger charge is -2.32. The van der Waals surface area contributed by atoms with Crippen molar-refractivity contribution in [2.24, 2.45) is 0 Å². The molecule has 0 aliphatic carbocycles. The SMILES string of the molecule is O=C(CNc1cccnc1)N1CC[C@@]23O[C@@H](c4ccccc4)CN2C(=O)C[C@@H]13. The van der Waals surface area contributed by atoms with E-state index >= 15 is 0 Å². The highest BCUT2D eigenvalue weighted by atomic mass is 16.5. The minimum absolute atomic E-state index is 0.0212. The van der Waals surface area contributed by atoms with Crippen LogP contribution in [0.2, 0.25) is 0 Å². The molecule has 4 heterocycles. The van der Waals surface area contributed by atoms with E-state index in [1.54, 1.807) is 12.4 Å². The molecule has 3 fully saturated rings. The zero-order valence-electron chi connectivity index (χ0n) is 15.5. The monoisotopic (exact) mass is 378 g/mol. The number of ether oxygens (including phenoxy) is 1. The van der Waals surface area contributed by atoms with Crippen LogP contribution < -0.4 is 5.32 Å². The van der Waals surface area contributed by atoms with Crippen molar-refractivity contribution in [3.05, 3.63) is 60.4 Å². The number of nitrogens with zero attached hydrogens (tertiary/aromatic N) is 3. The molecule has 0 bridgehead atoms. The molecule has 0 unspecified atom stereocenters. The zero-order chi connectivity index (χ0) is 19.1. The largest absolute Gasteiger partial charge is 0.375 e. The first-order valence-electron chi connectivity index (χ1n) is 9.64. The summed E-state index contributed by atoms with van der Waals surface area (Å²) < 4.78 is 6.48. The van der Waals surface area contributed by atoms with Crippen molar-refractivity contribution in [1.82, 2.24) is 14.8 Å². The fourth-order valence-electron chi connectivity index (χ4n) is 4.71. The number of hydrogen-bond donors (Lipinski definition) is 1. The van der Waals surface area contributed by atoms with Gasteiger partial charge in [-0.3, -0.25) is 14.6 Å². The third-order valence-corrected chi connectivity index (χ3v) is 6.03. The smallest absolute Gasteiger partial charge is 0.242 e. The summed E-state index contributed by atoms with van der Waals surface area (Å²) in [5, 5.41) is 3.11. The Morgan fingerprint density at radius 1 is 1.25 bits per heavy atom. The van der Waals surface area contributed by atoms with Gasteiger partial charge in [-0.1, -0.05) is 30.3 Å². The average molecular weight is 378 g/mol. The highest BCUT2D eigenvalue weighted by Gasteiger charge is 2.64. The standard InChI is InChI=1S/C21H22N4O3/c26-19-11-18-21(25(19)14-17(28-21)15-5-2-1-3-6-15)8-10-24(18)20(27)13-23-16-7-4-9-22-12-16/h1-7,9,12,17-18,23H,8,10-11,13-14H2/t17-,18-,21+/m1/s1. The van der Waals surface area contributed by atoms with Crippen LogP contribution in [0.1, 0.15) is 24.5 Å². The van der Waals surface area contributed by atoms with Crippen LogP contribution in [0.3, 0.4) is 0 Å². The Morgan fingerprint density at radius 3 is 2.89 bits per heavy atom. The van der Waals surface area contributed by atoms with Gasteiger partial charge >= 0.3 is 0 Å². The van der Waals surface area contributed by atoms with Crippen molar-refractivity contribution < 1.29 is 14.3 Å². The second kappa shape index (κ2) is 6.60. The van der Waals surface area contributed by atoms with E-state index in [1.165, 1.54) is 0 Å².